The average molecular weight is 317 g/mol. The predicted octanol–water partition coefficient (Wildman–Crippen LogP) is 2.19. The van der Waals surface area contributed by atoms with Crippen LogP contribution in [0.4, 0.5) is 10.2 Å². The molecule has 1 aromatic carbocycles. The molecule has 2 aromatic rings. The van der Waals surface area contributed by atoms with Gasteiger partial charge in [-0.25, -0.2) is 19.2 Å². The van der Waals surface area contributed by atoms with Crippen LogP contribution in [0.25, 0.3) is 11.3 Å². The molecule has 0 aliphatic heterocycles. The molecule has 0 radical (unpaired) electrons. The molecule has 1 saturated carbocycles. The summed E-state index contributed by atoms with van der Waals surface area (Å²) < 4.78 is 13.9. The van der Waals surface area contributed by atoms with Crippen molar-refractivity contribution in [2.24, 2.45) is 0 Å². The van der Waals surface area contributed by atoms with Crippen molar-refractivity contribution in [3.63, 3.8) is 0 Å². The number of anilines is 1. The van der Waals surface area contributed by atoms with E-state index < -0.39 is 17.3 Å². The highest BCUT2D eigenvalue weighted by molar-refractivity contribution is 5.88. The van der Waals surface area contributed by atoms with Crippen LogP contribution >= 0.6 is 0 Å². The van der Waals surface area contributed by atoms with Gasteiger partial charge >= 0.3 is 5.97 Å². The van der Waals surface area contributed by atoms with Gasteiger partial charge in [0.2, 0.25) is 0 Å². The minimum absolute atomic E-state index is 0.0972. The third-order valence-electron chi connectivity index (χ3n) is 4.12. The normalized spacial score (nSPS) is 20.6. The second-order valence-electron chi connectivity index (χ2n) is 5.69. The summed E-state index contributed by atoms with van der Waals surface area (Å²) in [4.78, 5) is 19.4. The highest BCUT2D eigenvalue weighted by Gasteiger charge is 2.26. The largest absolute Gasteiger partial charge is 0.478 e. The van der Waals surface area contributed by atoms with Gasteiger partial charge in [-0.15, -0.1) is 0 Å². The van der Waals surface area contributed by atoms with Gasteiger partial charge in [-0.1, -0.05) is 6.07 Å². The van der Waals surface area contributed by atoms with E-state index in [2.05, 4.69) is 9.97 Å². The van der Waals surface area contributed by atoms with Crippen molar-refractivity contribution in [1.29, 1.82) is 0 Å². The zero-order valence-electron chi connectivity index (χ0n) is 12.2. The maximum absolute atomic E-state index is 13.9. The van der Waals surface area contributed by atoms with Crippen LogP contribution in [0.3, 0.4) is 0 Å². The van der Waals surface area contributed by atoms with E-state index in [0.717, 1.165) is 12.5 Å². The van der Waals surface area contributed by atoms with Gasteiger partial charge in [0, 0.05) is 11.5 Å². The number of carboxylic acids is 1. The Morgan fingerprint density at radius 1 is 1.35 bits per heavy atom. The fraction of sp³-hybridized carbons (Fsp3) is 0.312. The lowest BCUT2D eigenvalue weighted by Crippen LogP contribution is -2.06. The number of carbonyl (C=O) groups is 1. The number of aromatic nitrogens is 2. The van der Waals surface area contributed by atoms with Gasteiger partial charge in [-0.3, -0.25) is 0 Å². The number of aliphatic hydroxyl groups excluding tert-OH is 1. The van der Waals surface area contributed by atoms with E-state index in [9.17, 15) is 14.3 Å². The third-order valence-corrected chi connectivity index (χ3v) is 4.12. The van der Waals surface area contributed by atoms with Gasteiger partial charge in [0.15, 0.2) is 0 Å². The summed E-state index contributed by atoms with van der Waals surface area (Å²) in [5.41, 5.74) is 6.82. The fourth-order valence-electron chi connectivity index (χ4n) is 2.88. The number of carboxylic acid groups (broad SMARTS) is 1. The molecule has 3 rings (SSSR count). The van der Waals surface area contributed by atoms with Crippen molar-refractivity contribution in [2.75, 3.05) is 5.73 Å². The summed E-state index contributed by atoms with van der Waals surface area (Å²) in [6.45, 7) is 0. The lowest BCUT2D eigenvalue weighted by atomic mass is 10.0. The van der Waals surface area contributed by atoms with Crippen LogP contribution in [0.5, 0.6) is 0 Å². The number of nitrogens with two attached hydrogens (primary N) is 1. The highest BCUT2D eigenvalue weighted by Crippen LogP contribution is 2.35. The zero-order chi connectivity index (χ0) is 16.6. The molecule has 2 atom stereocenters. The molecule has 7 heteroatoms. The zero-order valence-corrected chi connectivity index (χ0v) is 12.2. The van der Waals surface area contributed by atoms with Gasteiger partial charge in [-0.05, 0) is 31.4 Å². The average Bonchev–Trinajstić information content (AvgIpc) is 2.94. The summed E-state index contributed by atoms with van der Waals surface area (Å²) >= 11 is 0. The van der Waals surface area contributed by atoms with Crippen LogP contribution in [0.1, 0.15) is 41.2 Å². The van der Waals surface area contributed by atoms with E-state index in [4.69, 9.17) is 10.8 Å². The van der Waals surface area contributed by atoms with Crippen molar-refractivity contribution in [3.8, 4) is 11.3 Å². The maximum atomic E-state index is 13.9. The summed E-state index contributed by atoms with van der Waals surface area (Å²) in [6, 6.07) is 3.73. The lowest BCUT2D eigenvalue weighted by molar-refractivity contribution is 0.0692. The number of nitrogens with zero attached hydrogens (tertiary/aromatic N) is 2. The molecule has 0 bridgehead atoms. The molecule has 2 unspecified atom stereocenters. The quantitative estimate of drug-likeness (QED) is 0.800. The van der Waals surface area contributed by atoms with E-state index in [0.29, 0.717) is 29.8 Å². The predicted molar refractivity (Wildman–Crippen MR) is 81.4 cm³/mol. The van der Waals surface area contributed by atoms with E-state index in [-0.39, 0.29) is 17.8 Å². The van der Waals surface area contributed by atoms with Crippen LogP contribution < -0.4 is 5.73 Å². The van der Waals surface area contributed by atoms with Crippen molar-refractivity contribution < 1.29 is 19.4 Å². The number of rotatable bonds is 3. The standard InChI is InChI=1S/C16H16FN3O3/c17-12-6-9(2-4-11(12)16(22)23)14-15(18)19-7-13(20-14)8-1-3-10(21)5-8/h2,4,6-8,10,21H,1,3,5H2,(H2,18,19)(H,22,23). The summed E-state index contributed by atoms with van der Waals surface area (Å²) in [5, 5.41) is 18.5. The molecule has 1 heterocycles. The summed E-state index contributed by atoms with van der Waals surface area (Å²) in [6.07, 6.45) is 3.38. The van der Waals surface area contributed by atoms with Gasteiger partial charge in [0.1, 0.15) is 17.3 Å². The van der Waals surface area contributed by atoms with Crippen LogP contribution in [0.2, 0.25) is 0 Å². The Hall–Kier alpha value is -2.54. The number of aliphatic hydroxyl groups is 1. The van der Waals surface area contributed by atoms with E-state index in [1.54, 1.807) is 6.20 Å². The van der Waals surface area contributed by atoms with Crippen LogP contribution in [-0.4, -0.2) is 32.3 Å². The van der Waals surface area contributed by atoms with E-state index in [1.807, 2.05) is 0 Å². The first kappa shape index (κ1) is 15.4. The smallest absolute Gasteiger partial charge is 0.338 e. The first-order valence-electron chi connectivity index (χ1n) is 7.29. The van der Waals surface area contributed by atoms with Crippen LogP contribution in [-0.2, 0) is 0 Å². The highest BCUT2D eigenvalue weighted by atomic mass is 19.1. The van der Waals surface area contributed by atoms with Crippen LogP contribution in [0, 0.1) is 5.82 Å². The topological polar surface area (TPSA) is 109 Å². The van der Waals surface area contributed by atoms with E-state index >= 15 is 0 Å². The second kappa shape index (κ2) is 5.92. The molecule has 6 nitrogen and oxygen atoms in total. The number of hydrogen-bond acceptors (Lipinski definition) is 5. The van der Waals surface area contributed by atoms with Crippen molar-refractivity contribution in [3.05, 3.63) is 41.5 Å². The SMILES string of the molecule is Nc1ncc(C2CCC(O)C2)nc1-c1ccc(C(=O)O)c(F)c1. The molecular weight excluding hydrogens is 301 g/mol. The van der Waals surface area contributed by atoms with Crippen molar-refractivity contribution in [1.82, 2.24) is 9.97 Å². The van der Waals surface area contributed by atoms with Gasteiger partial charge in [0.05, 0.1) is 23.6 Å². The third kappa shape index (κ3) is 3.00. The Morgan fingerprint density at radius 3 is 2.74 bits per heavy atom. The van der Waals surface area contributed by atoms with Gasteiger partial charge in [-0.2, -0.15) is 0 Å². The molecule has 0 amide bonds. The Morgan fingerprint density at radius 2 is 2.13 bits per heavy atom. The lowest BCUT2D eigenvalue weighted by Gasteiger charge is -2.12. The molecule has 1 aromatic heterocycles. The van der Waals surface area contributed by atoms with Gasteiger partial charge < -0.3 is 15.9 Å². The number of nitrogen functional groups attached to an aromatic ring is 1. The van der Waals surface area contributed by atoms with Crippen molar-refractivity contribution >= 4 is 11.8 Å². The molecule has 4 N–H and O–H groups in total. The maximum Gasteiger partial charge on any atom is 0.338 e. The molecule has 23 heavy (non-hydrogen) atoms. The number of halogens is 1. The second-order valence-corrected chi connectivity index (χ2v) is 5.69. The first-order valence-corrected chi connectivity index (χ1v) is 7.29. The number of hydrogen-bond donors (Lipinski definition) is 3. The first-order chi connectivity index (χ1) is 11.0. The molecule has 1 aliphatic rings. The Bertz CT molecular complexity index is 766. The fourth-order valence-corrected chi connectivity index (χ4v) is 2.88. The minimum atomic E-state index is -1.33. The van der Waals surface area contributed by atoms with Gasteiger partial charge in [0.25, 0.3) is 0 Å². The minimum Gasteiger partial charge on any atom is -0.478 e. The summed E-state index contributed by atoms with van der Waals surface area (Å²) in [5.74, 6) is -1.94. The molecule has 1 aliphatic carbocycles. The monoisotopic (exact) mass is 317 g/mol. The number of aromatic carboxylic acids is 1. The molecule has 0 spiro atoms. The van der Waals surface area contributed by atoms with Crippen LogP contribution in [0.15, 0.2) is 24.4 Å². The molecule has 1 fully saturated rings. The Labute approximate surface area is 131 Å². The molecular formula is C16H16FN3O3. The van der Waals surface area contributed by atoms with E-state index in [1.165, 1.54) is 12.1 Å². The number of benzene rings is 1. The Kier molecular flexibility index (Phi) is 3.96. The van der Waals surface area contributed by atoms with Crippen molar-refractivity contribution in [2.45, 2.75) is 31.3 Å². The molecule has 0 saturated heterocycles. The molecule has 120 valence electrons. The summed E-state index contributed by atoms with van der Waals surface area (Å²) in [7, 11) is 0. The Balaban J connectivity index is 1.99.